The number of rotatable bonds is 17. The topological polar surface area (TPSA) is 49.4 Å². The highest BCUT2D eigenvalue weighted by atomic mass is 79.9. The molecule has 0 bridgehead atoms. The van der Waals surface area contributed by atoms with Crippen molar-refractivity contribution in [3.8, 4) is 17.2 Å². The second-order valence-electron chi connectivity index (χ2n) is 8.98. The predicted octanol–water partition coefficient (Wildman–Crippen LogP) is 6.05. The van der Waals surface area contributed by atoms with Gasteiger partial charge in [0.2, 0.25) is 5.75 Å². The molecule has 0 saturated carbocycles. The van der Waals surface area contributed by atoms with Crippen LogP contribution in [0, 0.1) is 6.42 Å². The second kappa shape index (κ2) is 16.8. The average Bonchev–Trinajstić information content (AvgIpc) is 2.93. The van der Waals surface area contributed by atoms with E-state index < -0.39 is 0 Å². The summed E-state index contributed by atoms with van der Waals surface area (Å²) < 4.78 is 29.4. The molecule has 3 rings (SSSR count). The van der Waals surface area contributed by atoms with Crippen LogP contribution in [-0.4, -0.2) is 63.4 Å². The average molecular weight is 564 g/mol. The zero-order valence-corrected chi connectivity index (χ0v) is 23.3. The SMILES string of the molecule is COc1cc(COCCBr)cc(OCCCC(CCN2CC[CH]CC2)OCc2ccccc2)c1OC. The Morgan fingerprint density at radius 3 is 2.39 bits per heavy atom. The van der Waals surface area contributed by atoms with E-state index in [0.717, 1.165) is 49.8 Å². The number of likely N-dealkylation sites (tertiary alicyclic amines) is 1. The molecule has 2 aromatic carbocycles. The van der Waals surface area contributed by atoms with Crippen molar-refractivity contribution < 1.29 is 23.7 Å². The van der Waals surface area contributed by atoms with Crippen molar-refractivity contribution in [2.45, 2.75) is 51.4 Å². The van der Waals surface area contributed by atoms with Gasteiger partial charge in [0.05, 0.1) is 46.8 Å². The molecule has 1 unspecified atom stereocenters. The monoisotopic (exact) mass is 562 g/mol. The Morgan fingerprint density at radius 2 is 1.67 bits per heavy atom. The number of piperidine rings is 1. The summed E-state index contributed by atoms with van der Waals surface area (Å²) >= 11 is 3.39. The Kier molecular flexibility index (Phi) is 13.5. The molecule has 36 heavy (non-hydrogen) atoms. The smallest absolute Gasteiger partial charge is 0.203 e. The molecule has 0 spiro atoms. The Morgan fingerprint density at radius 1 is 0.889 bits per heavy atom. The summed E-state index contributed by atoms with van der Waals surface area (Å²) in [7, 11) is 3.28. The molecular weight excluding hydrogens is 522 g/mol. The number of halogens is 1. The number of benzene rings is 2. The highest BCUT2D eigenvalue weighted by Crippen LogP contribution is 2.38. The van der Waals surface area contributed by atoms with Crippen LogP contribution in [0.3, 0.4) is 0 Å². The van der Waals surface area contributed by atoms with Gasteiger partial charge in [0.15, 0.2) is 11.5 Å². The van der Waals surface area contributed by atoms with E-state index in [1.807, 2.05) is 18.2 Å². The van der Waals surface area contributed by atoms with Gasteiger partial charge in [-0.2, -0.15) is 0 Å². The highest BCUT2D eigenvalue weighted by molar-refractivity contribution is 9.09. The molecule has 1 fully saturated rings. The Labute approximate surface area is 225 Å². The summed E-state index contributed by atoms with van der Waals surface area (Å²) in [5.41, 5.74) is 2.20. The quantitative estimate of drug-likeness (QED) is 0.173. The van der Waals surface area contributed by atoms with Crippen molar-refractivity contribution in [1.82, 2.24) is 4.90 Å². The first-order valence-corrected chi connectivity index (χ1v) is 14.1. The van der Waals surface area contributed by atoms with Gasteiger partial charge < -0.3 is 28.6 Å². The minimum absolute atomic E-state index is 0.195. The van der Waals surface area contributed by atoms with Crippen molar-refractivity contribution >= 4 is 15.9 Å². The lowest BCUT2D eigenvalue weighted by Crippen LogP contribution is -2.33. The van der Waals surface area contributed by atoms with E-state index >= 15 is 0 Å². The third-order valence-electron chi connectivity index (χ3n) is 6.32. The molecule has 1 aliphatic rings. The van der Waals surface area contributed by atoms with E-state index in [2.05, 4.69) is 51.5 Å². The lowest BCUT2D eigenvalue weighted by molar-refractivity contribution is 0.0188. The molecule has 7 heteroatoms. The number of methoxy groups -OCH3 is 2. The Balaban J connectivity index is 1.54. The molecule has 2 aromatic rings. The largest absolute Gasteiger partial charge is 0.493 e. The Hall–Kier alpha value is -1.80. The molecule has 6 nitrogen and oxygen atoms in total. The van der Waals surface area contributed by atoms with Crippen LogP contribution in [0.1, 0.15) is 43.2 Å². The van der Waals surface area contributed by atoms with Crippen LogP contribution in [-0.2, 0) is 22.7 Å². The lowest BCUT2D eigenvalue weighted by atomic mass is 10.1. The maximum atomic E-state index is 6.37. The van der Waals surface area contributed by atoms with Gasteiger partial charge in [-0.25, -0.2) is 0 Å². The van der Waals surface area contributed by atoms with Crippen LogP contribution in [0.4, 0.5) is 0 Å². The molecule has 1 aliphatic heterocycles. The van der Waals surface area contributed by atoms with Crippen LogP contribution in [0.5, 0.6) is 17.2 Å². The minimum atomic E-state index is 0.195. The third-order valence-corrected chi connectivity index (χ3v) is 6.64. The second-order valence-corrected chi connectivity index (χ2v) is 9.77. The molecule has 0 aliphatic carbocycles. The molecular formula is C29H41BrNO5. The zero-order valence-electron chi connectivity index (χ0n) is 21.8. The van der Waals surface area contributed by atoms with Gasteiger partial charge in [-0.1, -0.05) is 46.3 Å². The molecule has 0 amide bonds. The van der Waals surface area contributed by atoms with Gasteiger partial charge >= 0.3 is 0 Å². The molecule has 199 valence electrons. The summed E-state index contributed by atoms with van der Waals surface area (Å²) in [5.74, 6) is 1.94. The van der Waals surface area contributed by atoms with Crippen LogP contribution in [0.15, 0.2) is 42.5 Å². The first kappa shape index (κ1) is 28.8. The van der Waals surface area contributed by atoms with E-state index in [-0.39, 0.29) is 6.10 Å². The van der Waals surface area contributed by atoms with E-state index in [0.29, 0.717) is 43.7 Å². The normalized spacial score (nSPS) is 15.0. The first-order valence-electron chi connectivity index (χ1n) is 12.9. The summed E-state index contributed by atoms with van der Waals surface area (Å²) in [4.78, 5) is 2.55. The summed E-state index contributed by atoms with van der Waals surface area (Å²) in [5, 5.41) is 0.799. The van der Waals surface area contributed by atoms with Crippen molar-refractivity contribution in [3.05, 3.63) is 60.0 Å². The summed E-state index contributed by atoms with van der Waals surface area (Å²) in [6.07, 6.45) is 7.83. The van der Waals surface area contributed by atoms with Gasteiger partial charge in [-0.05, 0) is 74.9 Å². The van der Waals surface area contributed by atoms with E-state index in [4.69, 9.17) is 23.7 Å². The molecule has 1 saturated heterocycles. The van der Waals surface area contributed by atoms with Crippen LogP contribution >= 0.6 is 15.9 Å². The van der Waals surface area contributed by atoms with Crippen molar-refractivity contribution in [2.24, 2.45) is 0 Å². The fourth-order valence-electron chi connectivity index (χ4n) is 4.37. The zero-order chi connectivity index (χ0) is 25.4. The minimum Gasteiger partial charge on any atom is -0.493 e. The number of hydrogen-bond acceptors (Lipinski definition) is 6. The molecule has 0 N–H and O–H groups in total. The van der Waals surface area contributed by atoms with E-state index in [1.54, 1.807) is 14.2 Å². The molecule has 1 heterocycles. The van der Waals surface area contributed by atoms with Gasteiger partial charge in [0.25, 0.3) is 0 Å². The third kappa shape index (κ3) is 9.92. The van der Waals surface area contributed by atoms with Gasteiger partial charge in [0.1, 0.15) is 0 Å². The number of nitrogens with zero attached hydrogens (tertiary/aromatic N) is 1. The molecule has 1 radical (unpaired) electrons. The molecule has 0 aromatic heterocycles. The fraction of sp³-hybridized carbons (Fsp3) is 0.552. The summed E-state index contributed by atoms with van der Waals surface area (Å²) in [6.45, 7) is 5.75. The maximum Gasteiger partial charge on any atom is 0.203 e. The number of alkyl halides is 1. The van der Waals surface area contributed by atoms with E-state index in [1.165, 1.54) is 18.4 Å². The molecule has 1 atom stereocenters. The van der Waals surface area contributed by atoms with Crippen LogP contribution in [0.25, 0.3) is 0 Å². The highest BCUT2D eigenvalue weighted by Gasteiger charge is 2.17. The Bertz CT molecular complexity index is 860. The number of hydrogen-bond donors (Lipinski definition) is 0. The van der Waals surface area contributed by atoms with Gasteiger partial charge in [0, 0.05) is 11.9 Å². The fourth-order valence-corrected chi connectivity index (χ4v) is 4.59. The predicted molar refractivity (Wildman–Crippen MR) is 147 cm³/mol. The standard InChI is InChI=1S/C29H41BrNO5/c1-32-27-20-25(22-34-19-14-30)21-28(29(27)33-2)35-18-9-12-26(13-17-31-15-7-4-8-16-31)36-23-24-10-5-3-6-11-24/h3-6,10-11,20-21,26H,7-9,12-19,22-23H2,1-2H3. The maximum absolute atomic E-state index is 6.37. The van der Waals surface area contributed by atoms with E-state index in [9.17, 15) is 0 Å². The van der Waals surface area contributed by atoms with Crippen LogP contribution in [0.2, 0.25) is 0 Å². The van der Waals surface area contributed by atoms with Crippen molar-refractivity contribution in [3.63, 3.8) is 0 Å². The van der Waals surface area contributed by atoms with Gasteiger partial charge in [-0.3, -0.25) is 0 Å². The first-order chi connectivity index (χ1) is 17.7. The lowest BCUT2D eigenvalue weighted by Gasteiger charge is -2.28. The van der Waals surface area contributed by atoms with Crippen molar-refractivity contribution in [1.29, 1.82) is 0 Å². The van der Waals surface area contributed by atoms with Gasteiger partial charge in [-0.15, -0.1) is 0 Å². The number of ether oxygens (including phenoxy) is 5. The van der Waals surface area contributed by atoms with Crippen molar-refractivity contribution in [2.75, 3.05) is 52.4 Å². The summed E-state index contributed by atoms with van der Waals surface area (Å²) in [6, 6.07) is 14.3. The van der Waals surface area contributed by atoms with Crippen LogP contribution < -0.4 is 14.2 Å².